The number of rotatable bonds is 8. The minimum absolute atomic E-state index is 0.195. The van der Waals surface area contributed by atoms with Crippen molar-refractivity contribution in [3.63, 3.8) is 0 Å². The van der Waals surface area contributed by atoms with E-state index in [2.05, 4.69) is 20.5 Å². The lowest BCUT2D eigenvalue weighted by molar-refractivity contribution is 0.106. The highest BCUT2D eigenvalue weighted by molar-refractivity contribution is 5.80. The number of piperidine rings is 1. The number of benzene rings is 2. The Morgan fingerprint density at radius 1 is 1.06 bits per heavy atom. The van der Waals surface area contributed by atoms with Crippen molar-refractivity contribution in [2.45, 2.75) is 25.0 Å². The lowest BCUT2D eigenvalue weighted by Gasteiger charge is -2.35. The number of nitrogens with zero attached hydrogens (tertiary/aromatic N) is 2. The molecule has 0 spiro atoms. The maximum Gasteiger partial charge on any atom is 0.191 e. The molecule has 8 heteroatoms. The van der Waals surface area contributed by atoms with E-state index < -0.39 is 0 Å². The van der Waals surface area contributed by atoms with E-state index in [0.29, 0.717) is 12.6 Å². The summed E-state index contributed by atoms with van der Waals surface area (Å²) in [6.07, 6.45) is 1.76. The molecule has 0 saturated carbocycles. The van der Waals surface area contributed by atoms with E-state index in [4.69, 9.17) is 14.2 Å². The molecule has 2 aromatic carbocycles. The fourth-order valence-electron chi connectivity index (χ4n) is 3.85. The first-order chi connectivity index (χ1) is 15.6. The third-order valence-corrected chi connectivity index (χ3v) is 5.74. The summed E-state index contributed by atoms with van der Waals surface area (Å²) in [6.45, 7) is 2.37. The predicted octanol–water partition coefficient (Wildman–Crippen LogP) is 3.36. The quantitative estimate of drug-likeness (QED) is 0.481. The Kier molecular flexibility index (Phi) is 8.56. The van der Waals surface area contributed by atoms with E-state index in [1.165, 1.54) is 12.1 Å². The fourth-order valence-corrected chi connectivity index (χ4v) is 3.85. The largest absolute Gasteiger partial charge is 0.497 e. The van der Waals surface area contributed by atoms with Crippen molar-refractivity contribution < 1.29 is 18.6 Å². The molecule has 0 amide bonds. The summed E-state index contributed by atoms with van der Waals surface area (Å²) in [5.41, 5.74) is 2.02. The molecule has 2 aromatic rings. The molecular formula is C24H33FN4O3. The molecule has 2 N–H and O–H groups in total. The van der Waals surface area contributed by atoms with Crippen molar-refractivity contribution in [1.29, 1.82) is 0 Å². The Labute approximate surface area is 189 Å². The van der Waals surface area contributed by atoms with Crippen LogP contribution in [0.25, 0.3) is 0 Å². The van der Waals surface area contributed by atoms with Crippen LogP contribution in [0, 0.1) is 5.82 Å². The van der Waals surface area contributed by atoms with Gasteiger partial charge in [0.05, 0.1) is 20.3 Å². The Bertz CT molecular complexity index is 861. The highest BCUT2D eigenvalue weighted by atomic mass is 19.1. The van der Waals surface area contributed by atoms with Crippen molar-refractivity contribution in [2.75, 3.05) is 52.9 Å². The van der Waals surface area contributed by atoms with Gasteiger partial charge in [0.15, 0.2) is 5.96 Å². The van der Waals surface area contributed by atoms with E-state index in [1.807, 2.05) is 18.2 Å². The molecule has 1 aliphatic rings. The summed E-state index contributed by atoms with van der Waals surface area (Å²) in [6, 6.07) is 12.6. The molecule has 1 aliphatic heterocycles. The van der Waals surface area contributed by atoms with Crippen molar-refractivity contribution in [3.05, 3.63) is 53.8 Å². The van der Waals surface area contributed by atoms with Gasteiger partial charge in [-0.15, -0.1) is 0 Å². The lowest BCUT2D eigenvalue weighted by atomic mass is 10.0. The SMILES string of the molecule is CN=C(NCC(OC)c1ccc(F)cc1)NC1CCN(c2cc(OC)cc(OC)c2)CC1. The Morgan fingerprint density at radius 3 is 2.22 bits per heavy atom. The van der Waals surface area contributed by atoms with Gasteiger partial charge in [-0.1, -0.05) is 12.1 Å². The van der Waals surface area contributed by atoms with Crippen LogP contribution in [-0.2, 0) is 4.74 Å². The van der Waals surface area contributed by atoms with E-state index in [-0.39, 0.29) is 11.9 Å². The highest BCUT2D eigenvalue weighted by Crippen LogP contribution is 2.30. The van der Waals surface area contributed by atoms with Crippen LogP contribution < -0.4 is 25.0 Å². The van der Waals surface area contributed by atoms with Crippen molar-refractivity contribution >= 4 is 11.6 Å². The normalized spacial score (nSPS) is 15.9. The molecule has 174 valence electrons. The zero-order chi connectivity index (χ0) is 22.9. The van der Waals surface area contributed by atoms with Gasteiger partial charge in [0.2, 0.25) is 0 Å². The maximum absolute atomic E-state index is 13.2. The number of anilines is 1. The molecule has 1 atom stereocenters. The van der Waals surface area contributed by atoms with Gasteiger partial charge in [-0.3, -0.25) is 4.99 Å². The zero-order valence-corrected chi connectivity index (χ0v) is 19.2. The third-order valence-electron chi connectivity index (χ3n) is 5.74. The van der Waals surface area contributed by atoms with Crippen molar-refractivity contribution in [3.8, 4) is 11.5 Å². The van der Waals surface area contributed by atoms with Gasteiger partial charge in [0.25, 0.3) is 0 Å². The van der Waals surface area contributed by atoms with Crippen LogP contribution in [0.15, 0.2) is 47.5 Å². The summed E-state index contributed by atoms with van der Waals surface area (Å²) >= 11 is 0. The average Bonchev–Trinajstić information content (AvgIpc) is 2.84. The Hall–Kier alpha value is -3.00. The summed E-state index contributed by atoms with van der Waals surface area (Å²) in [4.78, 5) is 6.69. The molecule has 0 aromatic heterocycles. The van der Waals surface area contributed by atoms with E-state index >= 15 is 0 Å². The van der Waals surface area contributed by atoms with Crippen molar-refractivity contribution in [1.82, 2.24) is 10.6 Å². The smallest absolute Gasteiger partial charge is 0.191 e. The first-order valence-corrected chi connectivity index (χ1v) is 10.8. The second-order valence-corrected chi connectivity index (χ2v) is 7.71. The molecule has 1 unspecified atom stereocenters. The minimum Gasteiger partial charge on any atom is -0.497 e. The number of guanidine groups is 1. The molecular weight excluding hydrogens is 411 g/mol. The van der Waals surface area contributed by atoms with Crippen LogP contribution in [0.1, 0.15) is 24.5 Å². The topological polar surface area (TPSA) is 67.4 Å². The molecule has 3 rings (SSSR count). The first-order valence-electron chi connectivity index (χ1n) is 10.8. The molecule has 0 aliphatic carbocycles. The lowest BCUT2D eigenvalue weighted by Crippen LogP contribution is -2.49. The van der Waals surface area contributed by atoms with Gasteiger partial charge < -0.3 is 29.7 Å². The summed E-state index contributed by atoms with van der Waals surface area (Å²) in [5, 5.41) is 6.84. The molecule has 32 heavy (non-hydrogen) atoms. The van der Waals surface area contributed by atoms with Gasteiger partial charge >= 0.3 is 0 Å². The summed E-state index contributed by atoms with van der Waals surface area (Å²) < 4.78 is 29.6. The number of halogens is 1. The van der Waals surface area contributed by atoms with Gasteiger partial charge in [0.1, 0.15) is 17.3 Å². The van der Waals surface area contributed by atoms with Gasteiger partial charge in [-0.2, -0.15) is 0 Å². The Morgan fingerprint density at radius 2 is 1.69 bits per heavy atom. The van der Waals surface area contributed by atoms with Crippen LogP contribution in [-0.4, -0.2) is 60.0 Å². The second-order valence-electron chi connectivity index (χ2n) is 7.71. The van der Waals surface area contributed by atoms with Gasteiger partial charge in [-0.25, -0.2) is 4.39 Å². The Balaban J connectivity index is 1.51. The zero-order valence-electron chi connectivity index (χ0n) is 19.2. The van der Waals surface area contributed by atoms with E-state index in [9.17, 15) is 4.39 Å². The van der Waals surface area contributed by atoms with E-state index in [1.54, 1.807) is 40.5 Å². The fraction of sp³-hybridized carbons (Fsp3) is 0.458. The number of hydrogen-bond acceptors (Lipinski definition) is 5. The highest BCUT2D eigenvalue weighted by Gasteiger charge is 2.21. The second kappa shape index (κ2) is 11.6. The van der Waals surface area contributed by atoms with Gasteiger partial charge in [0, 0.05) is 63.7 Å². The molecule has 0 bridgehead atoms. The van der Waals surface area contributed by atoms with Crippen LogP contribution >= 0.6 is 0 Å². The van der Waals surface area contributed by atoms with Crippen LogP contribution in [0.5, 0.6) is 11.5 Å². The monoisotopic (exact) mass is 444 g/mol. The predicted molar refractivity (Wildman–Crippen MR) is 125 cm³/mol. The number of hydrogen-bond donors (Lipinski definition) is 2. The van der Waals surface area contributed by atoms with Crippen LogP contribution in [0.3, 0.4) is 0 Å². The summed E-state index contributed by atoms with van der Waals surface area (Å²) in [5.74, 6) is 2.06. The van der Waals surface area contributed by atoms with E-state index in [0.717, 1.165) is 54.6 Å². The van der Waals surface area contributed by atoms with Gasteiger partial charge in [-0.05, 0) is 30.5 Å². The minimum atomic E-state index is -0.257. The first kappa shape index (κ1) is 23.7. The standard InChI is InChI=1S/C24H33FN4O3/c1-26-24(27-16-23(32-4)17-5-7-18(25)8-6-17)28-19-9-11-29(12-10-19)20-13-21(30-2)15-22(14-20)31-3/h5-8,13-15,19,23H,9-12,16H2,1-4H3,(H2,26,27,28). The molecule has 1 fully saturated rings. The number of methoxy groups -OCH3 is 3. The number of aliphatic imine (C=N–C) groups is 1. The molecule has 0 radical (unpaired) electrons. The number of ether oxygens (including phenoxy) is 3. The van der Waals surface area contributed by atoms with Crippen LogP contribution in [0.2, 0.25) is 0 Å². The average molecular weight is 445 g/mol. The molecule has 1 saturated heterocycles. The van der Waals surface area contributed by atoms with Crippen LogP contribution in [0.4, 0.5) is 10.1 Å². The summed E-state index contributed by atoms with van der Waals surface area (Å²) in [7, 11) is 6.73. The maximum atomic E-state index is 13.2. The molecule has 7 nitrogen and oxygen atoms in total. The third kappa shape index (κ3) is 6.26. The molecule has 1 heterocycles. The number of nitrogens with one attached hydrogen (secondary N) is 2. The van der Waals surface area contributed by atoms with Crippen molar-refractivity contribution in [2.24, 2.45) is 4.99 Å².